The number of hydrogen-bond acceptors (Lipinski definition) is 4. The number of amides is 1. The van der Waals surface area contributed by atoms with Crippen LogP contribution in [0.3, 0.4) is 0 Å². The van der Waals surface area contributed by atoms with E-state index in [1.807, 2.05) is 0 Å². The number of carbonyl (C=O) groups is 1. The van der Waals surface area contributed by atoms with Crippen molar-refractivity contribution in [1.29, 1.82) is 0 Å². The number of hydrogen-bond donors (Lipinski definition) is 2. The first kappa shape index (κ1) is 12.3. The first-order chi connectivity index (χ1) is 8.41. The number of rotatable bonds is 4. The lowest BCUT2D eigenvalue weighted by atomic mass is 10.1. The molecule has 0 aliphatic heterocycles. The number of nitro benzene ring substituents is 1. The quantitative estimate of drug-likeness (QED) is 0.629. The summed E-state index contributed by atoms with van der Waals surface area (Å²) >= 11 is 0. The third kappa shape index (κ3) is 2.58. The van der Waals surface area contributed by atoms with E-state index in [1.54, 1.807) is 0 Å². The monoisotopic (exact) mass is 250 g/mol. The largest absolute Gasteiger partial charge is 0.502 e. The van der Waals surface area contributed by atoms with Gasteiger partial charge in [0.05, 0.1) is 4.92 Å². The number of aromatic hydroxyl groups is 1. The van der Waals surface area contributed by atoms with E-state index in [-0.39, 0.29) is 16.9 Å². The van der Waals surface area contributed by atoms with Crippen LogP contribution in [0.1, 0.15) is 30.1 Å². The molecule has 18 heavy (non-hydrogen) atoms. The van der Waals surface area contributed by atoms with Gasteiger partial charge in [-0.05, 0) is 30.4 Å². The zero-order valence-corrected chi connectivity index (χ0v) is 9.97. The molecule has 1 aliphatic rings. The predicted octanol–water partition coefficient (Wildman–Crippen LogP) is 1.83. The zero-order chi connectivity index (χ0) is 13.3. The molecule has 1 aromatic carbocycles. The van der Waals surface area contributed by atoms with Crippen LogP contribution in [0.5, 0.6) is 5.75 Å². The summed E-state index contributed by atoms with van der Waals surface area (Å²) in [5.41, 5.74) is 0.0152. The minimum Gasteiger partial charge on any atom is -0.502 e. The second-order valence-corrected chi connectivity index (χ2v) is 4.95. The van der Waals surface area contributed by atoms with Crippen LogP contribution in [-0.2, 0) is 0 Å². The number of phenolic OH excluding ortho intramolecular Hbond substituents is 1. The molecule has 96 valence electrons. The van der Waals surface area contributed by atoms with Gasteiger partial charge in [-0.3, -0.25) is 14.9 Å². The molecule has 0 bridgehead atoms. The maximum absolute atomic E-state index is 11.8. The second-order valence-electron chi connectivity index (χ2n) is 4.95. The summed E-state index contributed by atoms with van der Waals surface area (Å²) in [6.07, 6.45) is 2.19. The molecular weight excluding hydrogens is 236 g/mol. The van der Waals surface area contributed by atoms with E-state index in [0.717, 1.165) is 25.0 Å². The third-order valence-corrected chi connectivity index (χ3v) is 3.21. The van der Waals surface area contributed by atoms with E-state index in [0.29, 0.717) is 6.54 Å². The third-order valence-electron chi connectivity index (χ3n) is 3.21. The van der Waals surface area contributed by atoms with Crippen molar-refractivity contribution in [2.45, 2.75) is 19.8 Å². The van der Waals surface area contributed by atoms with Crippen molar-refractivity contribution in [3.8, 4) is 5.75 Å². The van der Waals surface area contributed by atoms with E-state index < -0.39 is 16.4 Å². The van der Waals surface area contributed by atoms with Gasteiger partial charge in [0.2, 0.25) is 0 Å². The van der Waals surface area contributed by atoms with Crippen molar-refractivity contribution in [2.75, 3.05) is 6.54 Å². The Morgan fingerprint density at radius 2 is 2.22 bits per heavy atom. The Kier molecular flexibility index (Phi) is 2.94. The molecule has 1 saturated carbocycles. The average Bonchev–Trinajstić information content (AvgIpc) is 3.04. The molecule has 6 heteroatoms. The van der Waals surface area contributed by atoms with Crippen molar-refractivity contribution in [3.63, 3.8) is 0 Å². The normalized spacial score (nSPS) is 16.1. The van der Waals surface area contributed by atoms with Crippen LogP contribution >= 0.6 is 0 Å². The summed E-state index contributed by atoms with van der Waals surface area (Å²) in [6.45, 7) is 2.67. The molecule has 0 atom stereocenters. The Hall–Kier alpha value is -2.11. The molecule has 0 spiro atoms. The lowest BCUT2D eigenvalue weighted by molar-refractivity contribution is -0.385. The molecule has 2 rings (SSSR count). The molecule has 1 amide bonds. The van der Waals surface area contributed by atoms with Gasteiger partial charge in [-0.25, -0.2) is 0 Å². The Morgan fingerprint density at radius 3 is 2.72 bits per heavy atom. The molecule has 6 nitrogen and oxygen atoms in total. The van der Waals surface area contributed by atoms with Gasteiger partial charge in [-0.1, -0.05) is 6.92 Å². The number of nitrogens with one attached hydrogen (secondary N) is 1. The maximum atomic E-state index is 11.8. The maximum Gasteiger partial charge on any atom is 0.310 e. The zero-order valence-electron chi connectivity index (χ0n) is 9.97. The molecule has 2 N–H and O–H groups in total. The van der Waals surface area contributed by atoms with E-state index in [2.05, 4.69) is 12.2 Å². The Labute approximate surface area is 104 Å². The van der Waals surface area contributed by atoms with Gasteiger partial charge in [-0.2, -0.15) is 0 Å². The van der Waals surface area contributed by atoms with Crippen LogP contribution in [-0.4, -0.2) is 22.5 Å². The molecular formula is C12H14N2O4. The molecule has 0 heterocycles. The summed E-state index contributed by atoms with van der Waals surface area (Å²) in [4.78, 5) is 21.6. The molecule has 1 aliphatic carbocycles. The minimum absolute atomic E-state index is 0.193. The Bertz CT molecular complexity index is 509. The van der Waals surface area contributed by atoms with Gasteiger partial charge in [-0.15, -0.1) is 0 Å². The van der Waals surface area contributed by atoms with E-state index in [9.17, 15) is 20.0 Å². The van der Waals surface area contributed by atoms with Crippen LogP contribution in [0.25, 0.3) is 0 Å². The van der Waals surface area contributed by atoms with Crippen molar-refractivity contribution in [2.24, 2.45) is 5.41 Å². The second kappa shape index (κ2) is 4.29. The predicted molar refractivity (Wildman–Crippen MR) is 64.4 cm³/mol. The average molecular weight is 250 g/mol. The van der Waals surface area contributed by atoms with Gasteiger partial charge in [0.1, 0.15) is 0 Å². The van der Waals surface area contributed by atoms with E-state index in [1.165, 1.54) is 6.07 Å². The number of benzene rings is 1. The highest BCUT2D eigenvalue weighted by Gasteiger charge is 2.37. The van der Waals surface area contributed by atoms with Gasteiger partial charge in [0.15, 0.2) is 5.75 Å². The highest BCUT2D eigenvalue weighted by Crippen LogP contribution is 2.44. The Balaban J connectivity index is 2.06. The molecule has 0 radical (unpaired) electrons. The fourth-order valence-electron chi connectivity index (χ4n) is 1.60. The summed E-state index contributed by atoms with van der Waals surface area (Å²) in [6, 6.07) is 3.58. The minimum atomic E-state index is -0.692. The number of carbonyl (C=O) groups excluding carboxylic acids is 1. The lowest BCUT2D eigenvalue weighted by Crippen LogP contribution is -2.28. The Morgan fingerprint density at radius 1 is 1.56 bits per heavy atom. The molecule has 0 aromatic heterocycles. The first-order valence-electron chi connectivity index (χ1n) is 5.67. The highest BCUT2D eigenvalue weighted by molar-refractivity contribution is 5.95. The summed E-state index contributed by atoms with van der Waals surface area (Å²) < 4.78 is 0. The van der Waals surface area contributed by atoms with Crippen LogP contribution in [0.2, 0.25) is 0 Å². The van der Waals surface area contributed by atoms with Crippen molar-refractivity contribution >= 4 is 11.6 Å². The number of nitrogens with zero attached hydrogens (tertiary/aromatic N) is 1. The SMILES string of the molecule is CC1(CNC(=O)c2ccc([N+](=O)[O-])c(O)c2)CC1. The van der Waals surface area contributed by atoms with Crippen molar-refractivity contribution < 1.29 is 14.8 Å². The van der Waals surface area contributed by atoms with Gasteiger partial charge >= 0.3 is 5.69 Å². The van der Waals surface area contributed by atoms with Crippen LogP contribution in [0.15, 0.2) is 18.2 Å². The van der Waals surface area contributed by atoms with Gasteiger partial charge < -0.3 is 10.4 Å². The first-order valence-corrected chi connectivity index (χ1v) is 5.67. The summed E-state index contributed by atoms with van der Waals surface area (Å²) in [7, 11) is 0. The smallest absolute Gasteiger partial charge is 0.310 e. The van der Waals surface area contributed by atoms with Crippen molar-refractivity contribution in [1.82, 2.24) is 5.32 Å². The van der Waals surface area contributed by atoms with E-state index in [4.69, 9.17) is 0 Å². The molecule has 1 fully saturated rings. The topological polar surface area (TPSA) is 92.5 Å². The number of nitro groups is 1. The van der Waals surface area contributed by atoms with Gasteiger partial charge in [0.25, 0.3) is 5.91 Å². The number of phenols is 1. The van der Waals surface area contributed by atoms with E-state index >= 15 is 0 Å². The van der Waals surface area contributed by atoms with Crippen molar-refractivity contribution in [3.05, 3.63) is 33.9 Å². The molecule has 0 unspecified atom stereocenters. The fraction of sp³-hybridized carbons (Fsp3) is 0.417. The summed E-state index contributed by atoms with van der Waals surface area (Å²) in [5.74, 6) is -0.821. The molecule has 0 saturated heterocycles. The van der Waals surface area contributed by atoms with Crippen LogP contribution in [0, 0.1) is 15.5 Å². The summed E-state index contributed by atoms with van der Waals surface area (Å²) in [5, 5.41) is 22.7. The highest BCUT2D eigenvalue weighted by atomic mass is 16.6. The lowest BCUT2D eigenvalue weighted by Gasteiger charge is -2.10. The molecule has 1 aromatic rings. The fourth-order valence-corrected chi connectivity index (χ4v) is 1.60. The van der Waals surface area contributed by atoms with Crippen LogP contribution in [0.4, 0.5) is 5.69 Å². The van der Waals surface area contributed by atoms with Crippen LogP contribution < -0.4 is 5.32 Å². The van der Waals surface area contributed by atoms with Gasteiger partial charge in [0, 0.05) is 18.2 Å². The standard InChI is InChI=1S/C12H14N2O4/c1-12(4-5-12)7-13-11(16)8-2-3-9(14(17)18)10(15)6-8/h2-3,6,15H,4-5,7H2,1H3,(H,13,16).